The topological polar surface area (TPSA) is 71.7 Å². The molecular weight excluding hydrogens is 268 g/mol. The van der Waals surface area contributed by atoms with Crippen molar-refractivity contribution in [3.8, 4) is 0 Å². The number of fused-ring (bicyclic) bond motifs is 2. The maximum absolute atomic E-state index is 12.3. The second-order valence-electron chi connectivity index (χ2n) is 4.00. The quantitative estimate of drug-likeness (QED) is 0.691. The first-order valence-corrected chi connectivity index (χ1v) is 5.79. The standard InChI is InChI=1S/C13H7ClN2O3/c14-9-3-1-2-8-11(9)15-10-5-4-7(13(18)19)6-16(10)12(8)17/h1-6H,(H,18,19). The Hall–Kier alpha value is -2.40. The molecule has 0 aliphatic rings. The fourth-order valence-corrected chi connectivity index (χ4v) is 2.14. The molecule has 0 amide bonds. The van der Waals surface area contributed by atoms with E-state index >= 15 is 0 Å². The lowest BCUT2D eigenvalue weighted by Gasteiger charge is -2.05. The Morgan fingerprint density at radius 3 is 2.79 bits per heavy atom. The van der Waals surface area contributed by atoms with E-state index in [0.717, 1.165) is 0 Å². The number of nitrogens with zero attached hydrogens (tertiary/aromatic N) is 2. The molecule has 1 aromatic carbocycles. The first kappa shape index (κ1) is 11.7. The van der Waals surface area contributed by atoms with Crippen LogP contribution in [0.2, 0.25) is 5.02 Å². The van der Waals surface area contributed by atoms with E-state index < -0.39 is 5.97 Å². The maximum atomic E-state index is 12.3. The summed E-state index contributed by atoms with van der Waals surface area (Å²) in [5, 5.41) is 9.68. The molecule has 1 N–H and O–H groups in total. The third-order valence-corrected chi connectivity index (χ3v) is 3.14. The number of carboxylic acids is 1. The molecule has 94 valence electrons. The molecule has 2 heterocycles. The molecule has 0 spiro atoms. The van der Waals surface area contributed by atoms with Crippen molar-refractivity contribution in [2.75, 3.05) is 0 Å². The Labute approximate surface area is 111 Å². The second-order valence-corrected chi connectivity index (χ2v) is 4.41. The number of pyridine rings is 1. The van der Waals surface area contributed by atoms with Crippen molar-refractivity contribution in [2.24, 2.45) is 0 Å². The van der Waals surface area contributed by atoms with E-state index in [0.29, 0.717) is 21.6 Å². The lowest BCUT2D eigenvalue weighted by molar-refractivity contribution is 0.0696. The molecule has 0 bridgehead atoms. The Bertz CT molecular complexity index is 886. The highest BCUT2D eigenvalue weighted by atomic mass is 35.5. The average Bonchev–Trinajstić information content (AvgIpc) is 2.40. The van der Waals surface area contributed by atoms with Gasteiger partial charge in [-0.1, -0.05) is 17.7 Å². The van der Waals surface area contributed by atoms with Crippen LogP contribution < -0.4 is 5.56 Å². The molecule has 0 radical (unpaired) electrons. The highest BCUT2D eigenvalue weighted by Crippen LogP contribution is 2.19. The van der Waals surface area contributed by atoms with Gasteiger partial charge in [-0.15, -0.1) is 0 Å². The molecular formula is C13H7ClN2O3. The number of hydrogen-bond acceptors (Lipinski definition) is 3. The summed E-state index contributed by atoms with van der Waals surface area (Å²) in [6, 6.07) is 7.79. The zero-order valence-corrected chi connectivity index (χ0v) is 10.3. The van der Waals surface area contributed by atoms with Crippen molar-refractivity contribution in [1.82, 2.24) is 9.38 Å². The molecule has 0 aliphatic carbocycles. The van der Waals surface area contributed by atoms with Gasteiger partial charge in [-0.3, -0.25) is 9.20 Å². The smallest absolute Gasteiger partial charge is 0.337 e. The van der Waals surface area contributed by atoms with E-state index in [-0.39, 0.29) is 11.1 Å². The number of benzene rings is 1. The van der Waals surface area contributed by atoms with Crippen molar-refractivity contribution in [2.45, 2.75) is 0 Å². The summed E-state index contributed by atoms with van der Waals surface area (Å²) in [5.41, 5.74) is 0.455. The molecule has 6 heteroatoms. The summed E-state index contributed by atoms with van der Waals surface area (Å²) in [4.78, 5) is 27.5. The Balaban J connectivity index is 2.51. The van der Waals surface area contributed by atoms with Gasteiger partial charge in [0.25, 0.3) is 5.56 Å². The van der Waals surface area contributed by atoms with E-state index in [9.17, 15) is 9.59 Å². The summed E-state index contributed by atoms with van der Waals surface area (Å²) in [7, 11) is 0. The minimum atomic E-state index is -1.10. The minimum Gasteiger partial charge on any atom is -0.478 e. The zero-order chi connectivity index (χ0) is 13.6. The van der Waals surface area contributed by atoms with Crippen LogP contribution in [-0.2, 0) is 0 Å². The molecule has 3 aromatic rings. The fourth-order valence-electron chi connectivity index (χ4n) is 1.92. The zero-order valence-electron chi connectivity index (χ0n) is 9.50. The van der Waals surface area contributed by atoms with E-state index in [1.165, 1.54) is 22.7 Å². The summed E-state index contributed by atoms with van der Waals surface area (Å²) in [6.07, 6.45) is 1.26. The van der Waals surface area contributed by atoms with Gasteiger partial charge >= 0.3 is 5.97 Å². The van der Waals surface area contributed by atoms with Gasteiger partial charge < -0.3 is 5.11 Å². The average molecular weight is 275 g/mol. The Morgan fingerprint density at radius 2 is 2.05 bits per heavy atom. The molecule has 19 heavy (non-hydrogen) atoms. The van der Waals surface area contributed by atoms with E-state index in [4.69, 9.17) is 16.7 Å². The molecule has 0 saturated carbocycles. The molecule has 0 saturated heterocycles. The summed E-state index contributed by atoms with van der Waals surface area (Å²) < 4.78 is 1.21. The van der Waals surface area contributed by atoms with Crippen LogP contribution in [0, 0.1) is 0 Å². The van der Waals surface area contributed by atoms with Crippen LogP contribution in [0.1, 0.15) is 10.4 Å². The van der Waals surface area contributed by atoms with E-state index in [1.54, 1.807) is 18.2 Å². The Kier molecular flexibility index (Phi) is 2.50. The maximum Gasteiger partial charge on any atom is 0.337 e. The van der Waals surface area contributed by atoms with Crippen LogP contribution in [0.15, 0.2) is 41.3 Å². The normalized spacial score (nSPS) is 11.0. The molecule has 2 aromatic heterocycles. The SMILES string of the molecule is O=C(O)c1ccc2nc3c(Cl)cccc3c(=O)n2c1. The fraction of sp³-hybridized carbons (Fsp3) is 0. The van der Waals surface area contributed by atoms with Crippen molar-refractivity contribution in [1.29, 1.82) is 0 Å². The summed E-state index contributed by atoms with van der Waals surface area (Å²) in [6.45, 7) is 0. The van der Waals surface area contributed by atoms with Gasteiger partial charge in [0, 0.05) is 6.20 Å². The summed E-state index contributed by atoms with van der Waals surface area (Å²) >= 11 is 6.01. The van der Waals surface area contributed by atoms with Crippen LogP contribution in [0.25, 0.3) is 16.6 Å². The molecule has 5 nitrogen and oxygen atoms in total. The van der Waals surface area contributed by atoms with Crippen molar-refractivity contribution in [3.05, 3.63) is 57.5 Å². The first-order chi connectivity index (χ1) is 9.08. The van der Waals surface area contributed by atoms with Crippen molar-refractivity contribution < 1.29 is 9.90 Å². The first-order valence-electron chi connectivity index (χ1n) is 5.42. The number of para-hydroxylation sites is 1. The molecule has 0 aliphatic heterocycles. The van der Waals surface area contributed by atoms with Crippen molar-refractivity contribution in [3.63, 3.8) is 0 Å². The van der Waals surface area contributed by atoms with Gasteiger partial charge in [0.1, 0.15) is 5.65 Å². The van der Waals surface area contributed by atoms with Crippen LogP contribution >= 0.6 is 11.6 Å². The number of aromatic carboxylic acids is 1. The van der Waals surface area contributed by atoms with Crippen LogP contribution in [-0.4, -0.2) is 20.5 Å². The minimum absolute atomic E-state index is 0.0257. The van der Waals surface area contributed by atoms with E-state index in [2.05, 4.69) is 4.98 Å². The molecule has 0 unspecified atom stereocenters. The van der Waals surface area contributed by atoms with E-state index in [1.807, 2.05) is 0 Å². The van der Waals surface area contributed by atoms with Gasteiger partial charge in [-0.05, 0) is 24.3 Å². The number of aromatic nitrogens is 2. The number of carbonyl (C=O) groups is 1. The Morgan fingerprint density at radius 1 is 1.26 bits per heavy atom. The highest BCUT2D eigenvalue weighted by molar-refractivity contribution is 6.35. The predicted octanol–water partition coefficient (Wildman–Crippen LogP) is 2.20. The van der Waals surface area contributed by atoms with Gasteiger partial charge in [0.2, 0.25) is 0 Å². The predicted molar refractivity (Wildman–Crippen MR) is 70.9 cm³/mol. The number of carboxylic acid groups (broad SMARTS) is 1. The van der Waals surface area contributed by atoms with Gasteiger partial charge in [-0.25, -0.2) is 9.78 Å². The monoisotopic (exact) mass is 274 g/mol. The lowest BCUT2D eigenvalue weighted by Crippen LogP contribution is -2.16. The van der Waals surface area contributed by atoms with Crippen LogP contribution in [0.3, 0.4) is 0 Å². The summed E-state index contributed by atoms with van der Waals surface area (Å²) in [5.74, 6) is -1.10. The van der Waals surface area contributed by atoms with Gasteiger partial charge in [0.15, 0.2) is 0 Å². The third-order valence-electron chi connectivity index (χ3n) is 2.84. The lowest BCUT2D eigenvalue weighted by atomic mass is 10.2. The highest BCUT2D eigenvalue weighted by Gasteiger charge is 2.10. The van der Waals surface area contributed by atoms with Crippen molar-refractivity contribution >= 4 is 34.1 Å². The number of hydrogen-bond donors (Lipinski definition) is 1. The molecule has 0 atom stereocenters. The van der Waals surface area contributed by atoms with Crippen LogP contribution in [0.4, 0.5) is 0 Å². The molecule has 0 fully saturated rings. The van der Waals surface area contributed by atoms with Crippen LogP contribution in [0.5, 0.6) is 0 Å². The molecule has 3 rings (SSSR count). The largest absolute Gasteiger partial charge is 0.478 e. The third kappa shape index (κ3) is 1.75. The number of halogens is 1. The number of rotatable bonds is 1. The van der Waals surface area contributed by atoms with Gasteiger partial charge in [0.05, 0.1) is 21.5 Å². The van der Waals surface area contributed by atoms with Gasteiger partial charge in [-0.2, -0.15) is 0 Å². The second kappa shape index (κ2) is 4.07.